The van der Waals surface area contributed by atoms with Crippen LogP contribution in [-0.4, -0.2) is 36.5 Å². The van der Waals surface area contributed by atoms with Crippen molar-refractivity contribution in [2.45, 2.75) is 19.5 Å². The molecule has 68 valence electrons. The molecule has 0 amide bonds. The van der Waals surface area contributed by atoms with Crippen LogP contribution >= 0.6 is 0 Å². The molecular formula is C9H14FNO. The summed E-state index contributed by atoms with van der Waals surface area (Å²) in [5, 5.41) is 0. The summed E-state index contributed by atoms with van der Waals surface area (Å²) >= 11 is 0. The fraction of sp³-hybridized carbons (Fsp3) is 0.667. The molecule has 0 saturated carbocycles. The number of halogens is 1. The van der Waals surface area contributed by atoms with Gasteiger partial charge >= 0.3 is 0 Å². The Labute approximate surface area is 72.1 Å². The second-order valence-corrected chi connectivity index (χ2v) is 3.04. The summed E-state index contributed by atoms with van der Waals surface area (Å²) < 4.78 is 12.3. The Morgan fingerprint density at radius 1 is 1.67 bits per heavy atom. The number of likely N-dealkylation sites (tertiary alicyclic amines) is 1. The van der Waals surface area contributed by atoms with Gasteiger partial charge in [0.25, 0.3) is 0 Å². The third-order valence-electron chi connectivity index (χ3n) is 1.93. The number of nitrogens with zero attached hydrogens (tertiary/aromatic N) is 1. The van der Waals surface area contributed by atoms with E-state index in [-0.39, 0.29) is 5.78 Å². The number of hydrogen-bond acceptors (Lipinski definition) is 2. The zero-order chi connectivity index (χ0) is 8.97. The minimum absolute atomic E-state index is 0.132. The summed E-state index contributed by atoms with van der Waals surface area (Å²) in [7, 11) is 0. The number of carbonyl (C=O) groups excluding carboxylic acids is 1. The van der Waals surface area contributed by atoms with E-state index in [2.05, 4.69) is 0 Å². The van der Waals surface area contributed by atoms with Gasteiger partial charge in [-0.25, -0.2) is 4.39 Å². The molecular weight excluding hydrogens is 157 g/mol. The molecule has 1 saturated heterocycles. The molecule has 3 heteroatoms. The molecule has 0 atom stereocenters. The minimum atomic E-state index is -0.653. The molecule has 0 aromatic heterocycles. The number of rotatable bonds is 4. The van der Waals surface area contributed by atoms with Crippen LogP contribution in [0.5, 0.6) is 0 Å². The average Bonchev–Trinajstić information content (AvgIpc) is 2.01. The van der Waals surface area contributed by atoms with Crippen molar-refractivity contribution < 1.29 is 9.18 Å². The van der Waals surface area contributed by atoms with Crippen LogP contribution in [0.4, 0.5) is 4.39 Å². The van der Waals surface area contributed by atoms with Gasteiger partial charge in [-0.05, 0) is 6.08 Å². The van der Waals surface area contributed by atoms with E-state index in [9.17, 15) is 9.18 Å². The molecule has 0 aliphatic carbocycles. The molecule has 0 unspecified atom stereocenters. The fourth-order valence-corrected chi connectivity index (χ4v) is 1.11. The number of ketones is 1. The van der Waals surface area contributed by atoms with Crippen molar-refractivity contribution in [2.24, 2.45) is 0 Å². The van der Waals surface area contributed by atoms with Crippen LogP contribution in [0.15, 0.2) is 12.2 Å². The average molecular weight is 171 g/mol. The van der Waals surface area contributed by atoms with E-state index in [1.165, 1.54) is 0 Å². The molecule has 0 aromatic rings. The Hall–Kier alpha value is -0.700. The molecule has 1 aliphatic rings. The lowest BCUT2D eigenvalue weighted by atomic mass is 10.2. The monoisotopic (exact) mass is 171 g/mol. The third-order valence-corrected chi connectivity index (χ3v) is 1.93. The van der Waals surface area contributed by atoms with Crippen LogP contribution < -0.4 is 0 Å². The van der Waals surface area contributed by atoms with E-state index in [0.717, 1.165) is 0 Å². The van der Waals surface area contributed by atoms with E-state index < -0.39 is 6.17 Å². The van der Waals surface area contributed by atoms with Crippen molar-refractivity contribution >= 4 is 5.78 Å². The lowest BCUT2D eigenvalue weighted by Crippen LogP contribution is -2.48. The molecule has 1 fully saturated rings. The first kappa shape index (κ1) is 9.39. The Morgan fingerprint density at radius 2 is 2.33 bits per heavy atom. The second-order valence-electron chi connectivity index (χ2n) is 3.04. The van der Waals surface area contributed by atoms with Gasteiger partial charge in [0.15, 0.2) is 5.78 Å². The van der Waals surface area contributed by atoms with Gasteiger partial charge in [-0.15, -0.1) is 0 Å². The first-order valence-corrected chi connectivity index (χ1v) is 4.28. The SMILES string of the molecule is CCC(=O)/C=C/CN1CC(F)C1. The maximum Gasteiger partial charge on any atom is 0.155 e. The molecule has 1 heterocycles. The van der Waals surface area contributed by atoms with E-state index in [0.29, 0.717) is 26.1 Å². The van der Waals surface area contributed by atoms with Gasteiger partial charge in [-0.2, -0.15) is 0 Å². The minimum Gasteiger partial charge on any atom is -0.295 e. The quantitative estimate of drug-likeness (QED) is 0.592. The summed E-state index contributed by atoms with van der Waals surface area (Å²) in [5.74, 6) is 0.132. The molecule has 0 N–H and O–H groups in total. The molecule has 2 nitrogen and oxygen atoms in total. The van der Waals surface area contributed by atoms with Crippen LogP contribution in [0.2, 0.25) is 0 Å². The molecule has 0 radical (unpaired) electrons. The number of carbonyl (C=O) groups is 1. The second kappa shape index (κ2) is 4.36. The topological polar surface area (TPSA) is 20.3 Å². The highest BCUT2D eigenvalue weighted by atomic mass is 19.1. The van der Waals surface area contributed by atoms with E-state index in [4.69, 9.17) is 0 Å². The lowest BCUT2D eigenvalue weighted by Gasteiger charge is -2.33. The lowest BCUT2D eigenvalue weighted by molar-refractivity contribution is -0.114. The Bertz CT molecular complexity index is 185. The van der Waals surface area contributed by atoms with Gasteiger partial charge in [-0.3, -0.25) is 9.69 Å². The van der Waals surface area contributed by atoms with E-state index >= 15 is 0 Å². The van der Waals surface area contributed by atoms with Crippen LogP contribution in [0, 0.1) is 0 Å². The zero-order valence-electron chi connectivity index (χ0n) is 7.29. The number of allylic oxidation sites excluding steroid dienone is 1. The van der Waals surface area contributed by atoms with Crippen molar-refractivity contribution in [3.05, 3.63) is 12.2 Å². The van der Waals surface area contributed by atoms with Gasteiger partial charge in [-0.1, -0.05) is 13.0 Å². The van der Waals surface area contributed by atoms with Gasteiger partial charge in [0, 0.05) is 26.1 Å². The van der Waals surface area contributed by atoms with Crippen LogP contribution in [0.1, 0.15) is 13.3 Å². The van der Waals surface area contributed by atoms with Crippen molar-refractivity contribution in [3.63, 3.8) is 0 Å². The number of alkyl halides is 1. The highest BCUT2D eigenvalue weighted by Crippen LogP contribution is 2.09. The van der Waals surface area contributed by atoms with Crippen molar-refractivity contribution in [3.8, 4) is 0 Å². The standard InChI is InChI=1S/C9H14FNO/c1-2-9(12)4-3-5-11-6-8(10)7-11/h3-4,8H,2,5-7H2,1H3/b4-3+. The molecule has 12 heavy (non-hydrogen) atoms. The zero-order valence-corrected chi connectivity index (χ0v) is 7.29. The molecule has 0 bridgehead atoms. The molecule has 1 aliphatic heterocycles. The Morgan fingerprint density at radius 3 is 2.83 bits per heavy atom. The van der Waals surface area contributed by atoms with Crippen molar-refractivity contribution in [2.75, 3.05) is 19.6 Å². The van der Waals surface area contributed by atoms with Crippen LogP contribution in [0.3, 0.4) is 0 Å². The Kier molecular flexibility index (Phi) is 3.41. The Balaban J connectivity index is 2.09. The van der Waals surface area contributed by atoms with Crippen molar-refractivity contribution in [1.82, 2.24) is 4.90 Å². The van der Waals surface area contributed by atoms with Crippen LogP contribution in [-0.2, 0) is 4.79 Å². The van der Waals surface area contributed by atoms with Gasteiger partial charge in [0.1, 0.15) is 6.17 Å². The summed E-state index contributed by atoms with van der Waals surface area (Å²) in [5.41, 5.74) is 0. The summed E-state index contributed by atoms with van der Waals surface area (Å²) in [6.45, 7) is 3.56. The highest BCUT2D eigenvalue weighted by molar-refractivity contribution is 5.89. The first-order chi connectivity index (χ1) is 5.72. The van der Waals surface area contributed by atoms with Crippen molar-refractivity contribution in [1.29, 1.82) is 0 Å². The largest absolute Gasteiger partial charge is 0.295 e. The smallest absolute Gasteiger partial charge is 0.155 e. The molecule has 1 rings (SSSR count). The summed E-state index contributed by atoms with van der Waals surface area (Å²) in [4.78, 5) is 12.7. The first-order valence-electron chi connectivity index (χ1n) is 4.28. The predicted octanol–water partition coefficient (Wildman–Crippen LogP) is 1.18. The van der Waals surface area contributed by atoms with Gasteiger partial charge in [0.2, 0.25) is 0 Å². The van der Waals surface area contributed by atoms with Gasteiger partial charge in [0.05, 0.1) is 0 Å². The summed E-state index contributed by atoms with van der Waals surface area (Å²) in [6.07, 6.45) is 3.27. The maximum absolute atomic E-state index is 12.3. The third kappa shape index (κ3) is 2.74. The highest BCUT2D eigenvalue weighted by Gasteiger charge is 2.24. The van der Waals surface area contributed by atoms with E-state index in [1.807, 2.05) is 11.8 Å². The molecule has 0 aromatic carbocycles. The normalized spacial score (nSPS) is 19.8. The predicted molar refractivity (Wildman–Crippen MR) is 45.8 cm³/mol. The van der Waals surface area contributed by atoms with E-state index in [1.54, 1.807) is 12.2 Å². The summed E-state index contributed by atoms with van der Waals surface area (Å²) in [6, 6.07) is 0. The van der Waals surface area contributed by atoms with Crippen LogP contribution in [0.25, 0.3) is 0 Å². The number of hydrogen-bond donors (Lipinski definition) is 0. The van der Waals surface area contributed by atoms with Gasteiger partial charge < -0.3 is 0 Å². The molecule has 0 spiro atoms. The fourth-order valence-electron chi connectivity index (χ4n) is 1.11. The maximum atomic E-state index is 12.3.